The van der Waals surface area contributed by atoms with Crippen LogP contribution in [0.15, 0.2) is 30.3 Å². The van der Waals surface area contributed by atoms with E-state index >= 15 is 0 Å². The Hall–Kier alpha value is -2.68. The predicted molar refractivity (Wildman–Crippen MR) is 90.6 cm³/mol. The number of rotatable bonds is 5. The molecule has 0 unspecified atom stereocenters. The van der Waals surface area contributed by atoms with E-state index in [9.17, 15) is 19.2 Å². The molecule has 2 rings (SSSR count). The molecule has 5 nitrogen and oxygen atoms in total. The van der Waals surface area contributed by atoms with Gasteiger partial charge in [0.15, 0.2) is 6.10 Å². The van der Waals surface area contributed by atoms with E-state index in [-0.39, 0.29) is 0 Å². The van der Waals surface area contributed by atoms with Crippen molar-refractivity contribution in [2.75, 3.05) is 0 Å². The Morgan fingerprint density at radius 3 is 2.72 bits per heavy atom. The Morgan fingerprint density at radius 1 is 1.36 bits per heavy atom. The van der Waals surface area contributed by atoms with Gasteiger partial charge in [-0.15, -0.1) is 0 Å². The minimum Gasteiger partial charge on any atom is -0.449 e. The third-order valence-electron chi connectivity index (χ3n) is 4.21. The number of ether oxygens (including phenoxy) is 1. The molecule has 6 heteroatoms. The Bertz CT molecular complexity index is 703. The maximum Gasteiger partial charge on any atom is 0.331 e. The van der Waals surface area contributed by atoms with Gasteiger partial charge in [0, 0.05) is 6.08 Å². The number of esters is 1. The van der Waals surface area contributed by atoms with Crippen molar-refractivity contribution in [3.63, 3.8) is 0 Å². The Morgan fingerprint density at radius 2 is 2.08 bits per heavy atom. The molecule has 1 amide bonds. The summed E-state index contributed by atoms with van der Waals surface area (Å²) in [7, 11) is 0. The molecule has 0 radical (unpaired) electrons. The summed E-state index contributed by atoms with van der Waals surface area (Å²) >= 11 is 0. The molecule has 0 saturated heterocycles. The van der Waals surface area contributed by atoms with Gasteiger partial charge in [0.25, 0.3) is 5.91 Å². The Labute approximate surface area is 146 Å². The van der Waals surface area contributed by atoms with Crippen LogP contribution >= 0.6 is 0 Å². The first-order chi connectivity index (χ1) is 11.9. The molecule has 0 heterocycles. The van der Waals surface area contributed by atoms with E-state index in [2.05, 4.69) is 11.4 Å². The summed E-state index contributed by atoms with van der Waals surface area (Å²) < 4.78 is 18.1. The van der Waals surface area contributed by atoms with Crippen LogP contribution in [-0.4, -0.2) is 23.5 Å². The molecule has 25 heavy (non-hydrogen) atoms. The smallest absolute Gasteiger partial charge is 0.331 e. The molecule has 1 fully saturated rings. The van der Waals surface area contributed by atoms with Crippen LogP contribution in [0.3, 0.4) is 0 Å². The van der Waals surface area contributed by atoms with Crippen molar-refractivity contribution in [3.8, 4) is 6.07 Å². The van der Waals surface area contributed by atoms with Crippen LogP contribution in [0, 0.1) is 17.1 Å². The molecular weight excluding hydrogens is 323 g/mol. The lowest BCUT2D eigenvalue weighted by atomic mass is 9.83. The van der Waals surface area contributed by atoms with Crippen molar-refractivity contribution in [3.05, 3.63) is 41.7 Å². The van der Waals surface area contributed by atoms with Crippen LogP contribution in [0.1, 0.15) is 44.6 Å². The molecule has 0 bridgehead atoms. The van der Waals surface area contributed by atoms with Crippen molar-refractivity contribution in [2.45, 2.75) is 50.7 Å². The normalized spacial score (nSPS) is 17.5. The molecule has 1 aliphatic rings. The van der Waals surface area contributed by atoms with Crippen molar-refractivity contribution < 1.29 is 18.7 Å². The van der Waals surface area contributed by atoms with Crippen LogP contribution in [0.2, 0.25) is 0 Å². The monoisotopic (exact) mass is 344 g/mol. The van der Waals surface area contributed by atoms with Crippen molar-refractivity contribution >= 4 is 18.0 Å². The molecule has 1 aliphatic carbocycles. The zero-order valence-corrected chi connectivity index (χ0v) is 14.1. The van der Waals surface area contributed by atoms with E-state index in [1.165, 1.54) is 31.2 Å². The number of nitriles is 1. The van der Waals surface area contributed by atoms with Crippen LogP contribution < -0.4 is 5.32 Å². The number of hydrogen-bond acceptors (Lipinski definition) is 4. The lowest BCUT2D eigenvalue weighted by Crippen LogP contribution is -2.52. The molecule has 132 valence electrons. The Kier molecular flexibility index (Phi) is 6.29. The van der Waals surface area contributed by atoms with E-state index in [0.717, 1.165) is 25.3 Å². The number of benzene rings is 1. The fourth-order valence-electron chi connectivity index (χ4n) is 2.80. The average Bonchev–Trinajstić information content (AvgIpc) is 2.60. The molecule has 0 aromatic heterocycles. The van der Waals surface area contributed by atoms with Crippen LogP contribution in [0.5, 0.6) is 0 Å². The molecular formula is C19H21FN2O3. The van der Waals surface area contributed by atoms with Gasteiger partial charge < -0.3 is 10.1 Å². The summed E-state index contributed by atoms with van der Waals surface area (Å²) in [6, 6.07) is 7.94. The topological polar surface area (TPSA) is 79.2 Å². The average molecular weight is 344 g/mol. The molecule has 0 spiro atoms. The van der Waals surface area contributed by atoms with E-state index in [4.69, 9.17) is 4.74 Å². The standard InChI is InChI=1S/C19H21FN2O3/c1-14(18(24)22-19(13-21)10-3-2-4-11-19)25-17(23)9-8-15-6-5-7-16(20)12-15/h5-9,12,14H,2-4,10-11H2,1H3,(H,22,24)/b9-8+/t14-/m1/s1. The molecule has 0 aliphatic heterocycles. The highest BCUT2D eigenvalue weighted by Crippen LogP contribution is 2.27. The zero-order chi connectivity index (χ0) is 18.3. The van der Waals surface area contributed by atoms with Gasteiger partial charge in [0.05, 0.1) is 6.07 Å². The van der Waals surface area contributed by atoms with Gasteiger partial charge in [-0.1, -0.05) is 31.4 Å². The molecule has 1 saturated carbocycles. The number of hydrogen-bond donors (Lipinski definition) is 1. The highest BCUT2D eigenvalue weighted by Gasteiger charge is 2.35. The molecule has 1 N–H and O–H groups in total. The van der Waals surface area contributed by atoms with Crippen molar-refractivity contribution in [1.82, 2.24) is 5.32 Å². The van der Waals surface area contributed by atoms with E-state index in [1.54, 1.807) is 6.07 Å². The predicted octanol–water partition coefficient (Wildman–Crippen LogP) is 3.11. The molecule has 1 atom stereocenters. The fraction of sp³-hybridized carbons (Fsp3) is 0.421. The number of nitrogens with one attached hydrogen (secondary N) is 1. The van der Waals surface area contributed by atoms with E-state index in [1.807, 2.05) is 0 Å². The SMILES string of the molecule is C[C@@H](OC(=O)/C=C/c1cccc(F)c1)C(=O)NC1(C#N)CCCCC1. The molecule has 1 aromatic rings. The summed E-state index contributed by atoms with van der Waals surface area (Å²) in [5.74, 6) is -1.60. The van der Waals surface area contributed by atoms with Gasteiger partial charge in [-0.25, -0.2) is 9.18 Å². The maximum atomic E-state index is 13.1. The van der Waals surface area contributed by atoms with Crippen molar-refractivity contribution in [1.29, 1.82) is 5.26 Å². The fourth-order valence-corrected chi connectivity index (χ4v) is 2.80. The first-order valence-electron chi connectivity index (χ1n) is 8.32. The number of amides is 1. The van der Waals surface area contributed by atoms with Gasteiger partial charge in [-0.3, -0.25) is 4.79 Å². The summed E-state index contributed by atoms with van der Waals surface area (Å²) in [5, 5.41) is 12.1. The minimum atomic E-state index is -1.02. The summed E-state index contributed by atoms with van der Waals surface area (Å²) in [5.41, 5.74) is -0.354. The maximum absolute atomic E-state index is 13.1. The third-order valence-corrected chi connectivity index (χ3v) is 4.21. The zero-order valence-electron chi connectivity index (χ0n) is 14.1. The number of carbonyl (C=O) groups is 2. The summed E-state index contributed by atoms with van der Waals surface area (Å²) in [4.78, 5) is 24.0. The second kappa shape index (κ2) is 8.43. The van der Waals surface area contributed by atoms with Crippen LogP contribution in [0.4, 0.5) is 4.39 Å². The minimum absolute atomic E-state index is 0.405. The van der Waals surface area contributed by atoms with E-state index in [0.29, 0.717) is 18.4 Å². The quantitative estimate of drug-likeness (QED) is 0.657. The van der Waals surface area contributed by atoms with Gasteiger partial charge in [-0.05, 0) is 43.5 Å². The lowest BCUT2D eigenvalue weighted by Gasteiger charge is -2.32. The van der Waals surface area contributed by atoms with Crippen LogP contribution in [0.25, 0.3) is 6.08 Å². The second-order valence-corrected chi connectivity index (χ2v) is 6.21. The van der Waals surface area contributed by atoms with Gasteiger partial charge in [0.1, 0.15) is 11.4 Å². The Balaban J connectivity index is 1.89. The van der Waals surface area contributed by atoms with Gasteiger partial charge >= 0.3 is 5.97 Å². The van der Waals surface area contributed by atoms with E-state index < -0.39 is 29.3 Å². The summed E-state index contributed by atoms with van der Waals surface area (Å²) in [6.45, 7) is 1.46. The molecule has 1 aromatic carbocycles. The highest BCUT2D eigenvalue weighted by atomic mass is 19.1. The highest BCUT2D eigenvalue weighted by molar-refractivity contribution is 5.90. The number of halogens is 1. The summed E-state index contributed by atoms with van der Waals surface area (Å²) in [6.07, 6.45) is 5.57. The number of carbonyl (C=O) groups excluding carboxylic acids is 2. The van der Waals surface area contributed by atoms with Gasteiger partial charge in [-0.2, -0.15) is 5.26 Å². The number of nitrogens with zero attached hydrogens (tertiary/aromatic N) is 1. The largest absolute Gasteiger partial charge is 0.449 e. The third kappa shape index (κ3) is 5.42. The van der Waals surface area contributed by atoms with Crippen LogP contribution in [-0.2, 0) is 14.3 Å². The van der Waals surface area contributed by atoms with Crippen molar-refractivity contribution in [2.24, 2.45) is 0 Å². The first-order valence-corrected chi connectivity index (χ1v) is 8.32. The first kappa shape index (κ1) is 18.7. The second-order valence-electron chi connectivity index (χ2n) is 6.21. The lowest BCUT2D eigenvalue weighted by molar-refractivity contribution is -0.150. The van der Waals surface area contributed by atoms with Gasteiger partial charge in [0.2, 0.25) is 0 Å².